The first kappa shape index (κ1) is 16.5. The summed E-state index contributed by atoms with van der Waals surface area (Å²) in [6, 6.07) is 9.42. The van der Waals surface area contributed by atoms with Gasteiger partial charge in [-0.15, -0.1) is 11.3 Å². The number of thiophene rings is 1. The summed E-state index contributed by atoms with van der Waals surface area (Å²) in [6.45, 7) is 3.01. The van der Waals surface area contributed by atoms with Gasteiger partial charge in [0.05, 0.1) is 11.4 Å². The van der Waals surface area contributed by atoms with Crippen LogP contribution < -0.4 is 10.5 Å². The number of hydrogen-bond donors (Lipinski definition) is 2. The number of hydrogen-bond acceptors (Lipinski definition) is 4. The van der Waals surface area contributed by atoms with Crippen LogP contribution in [0.5, 0.6) is 0 Å². The maximum absolute atomic E-state index is 12.2. The molecule has 0 spiro atoms. The first-order chi connectivity index (χ1) is 10.4. The number of amides is 2. The summed E-state index contributed by atoms with van der Waals surface area (Å²) in [6.07, 6.45) is 0. The predicted molar refractivity (Wildman–Crippen MR) is 87.2 cm³/mol. The Bertz CT molecular complexity index is 725. The average molecular weight is 339 g/mol. The fourth-order valence-corrected chi connectivity index (χ4v) is 3.08. The van der Waals surface area contributed by atoms with Gasteiger partial charge in [-0.2, -0.15) is 0 Å². The lowest BCUT2D eigenvalue weighted by molar-refractivity contribution is 0.212. The van der Waals surface area contributed by atoms with Crippen LogP contribution in [0.25, 0.3) is 0 Å². The van der Waals surface area contributed by atoms with Gasteiger partial charge >= 0.3 is 6.03 Å². The van der Waals surface area contributed by atoms with E-state index in [4.69, 9.17) is 5.14 Å². The van der Waals surface area contributed by atoms with E-state index in [1.54, 1.807) is 16.2 Å². The zero-order valence-electron chi connectivity index (χ0n) is 12.0. The summed E-state index contributed by atoms with van der Waals surface area (Å²) >= 11 is 1.59. The Morgan fingerprint density at radius 3 is 2.45 bits per heavy atom. The summed E-state index contributed by atoms with van der Waals surface area (Å²) in [4.78, 5) is 15.0. The molecule has 0 bridgehead atoms. The molecule has 0 radical (unpaired) electrons. The topological polar surface area (TPSA) is 92.5 Å². The van der Waals surface area contributed by atoms with Crippen molar-refractivity contribution < 1.29 is 13.2 Å². The predicted octanol–water partition coefficient (Wildman–Crippen LogP) is 2.45. The lowest BCUT2D eigenvalue weighted by Gasteiger charge is -2.20. The highest BCUT2D eigenvalue weighted by Crippen LogP contribution is 2.15. The second-order valence-electron chi connectivity index (χ2n) is 4.59. The highest BCUT2D eigenvalue weighted by atomic mass is 32.2. The van der Waals surface area contributed by atoms with E-state index < -0.39 is 10.0 Å². The molecule has 0 aliphatic rings. The van der Waals surface area contributed by atoms with Crippen molar-refractivity contribution in [2.45, 2.75) is 18.4 Å². The molecule has 0 saturated heterocycles. The van der Waals surface area contributed by atoms with Crippen LogP contribution in [-0.2, 0) is 16.6 Å². The van der Waals surface area contributed by atoms with Gasteiger partial charge in [0.25, 0.3) is 0 Å². The molecular weight excluding hydrogens is 322 g/mol. The molecule has 2 rings (SSSR count). The van der Waals surface area contributed by atoms with E-state index in [2.05, 4.69) is 5.32 Å². The maximum Gasteiger partial charge on any atom is 0.322 e. The number of rotatable bonds is 5. The van der Waals surface area contributed by atoms with Gasteiger partial charge in [-0.3, -0.25) is 0 Å². The zero-order valence-corrected chi connectivity index (χ0v) is 13.7. The summed E-state index contributed by atoms with van der Waals surface area (Å²) in [5.74, 6) is 0. The molecule has 0 saturated carbocycles. The number of carbonyl (C=O) groups excluding carboxylic acids is 1. The fraction of sp³-hybridized carbons (Fsp3) is 0.214. The fourth-order valence-electron chi connectivity index (χ4n) is 1.85. The van der Waals surface area contributed by atoms with Gasteiger partial charge in [0.15, 0.2) is 0 Å². The van der Waals surface area contributed by atoms with Crippen molar-refractivity contribution in [3.63, 3.8) is 0 Å². The lowest BCUT2D eigenvalue weighted by Crippen LogP contribution is -2.34. The van der Waals surface area contributed by atoms with E-state index >= 15 is 0 Å². The van der Waals surface area contributed by atoms with Crippen LogP contribution in [0.1, 0.15) is 11.8 Å². The first-order valence-corrected chi connectivity index (χ1v) is 9.04. The summed E-state index contributed by atoms with van der Waals surface area (Å²) in [5, 5.41) is 9.74. The van der Waals surface area contributed by atoms with Gasteiger partial charge in [-0.1, -0.05) is 6.07 Å². The lowest BCUT2D eigenvalue weighted by atomic mass is 10.3. The van der Waals surface area contributed by atoms with Crippen LogP contribution in [0.4, 0.5) is 10.5 Å². The van der Waals surface area contributed by atoms with Gasteiger partial charge in [0, 0.05) is 17.1 Å². The maximum atomic E-state index is 12.2. The molecule has 8 heteroatoms. The molecule has 118 valence electrons. The molecular formula is C14H17N3O3S2. The Balaban J connectivity index is 2.03. The molecule has 6 nitrogen and oxygen atoms in total. The molecule has 22 heavy (non-hydrogen) atoms. The van der Waals surface area contributed by atoms with Gasteiger partial charge in [0.2, 0.25) is 10.0 Å². The third-order valence-electron chi connectivity index (χ3n) is 3.03. The van der Waals surface area contributed by atoms with Crippen LogP contribution >= 0.6 is 11.3 Å². The van der Waals surface area contributed by atoms with Crippen molar-refractivity contribution in [3.05, 3.63) is 46.7 Å². The monoisotopic (exact) mass is 339 g/mol. The van der Waals surface area contributed by atoms with Crippen molar-refractivity contribution in [1.29, 1.82) is 0 Å². The van der Waals surface area contributed by atoms with E-state index in [9.17, 15) is 13.2 Å². The van der Waals surface area contributed by atoms with Gasteiger partial charge in [0.1, 0.15) is 0 Å². The van der Waals surface area contributed by atoms with Crippen molar-refractivity contribution in [2.24, 2.45) is 5.14 Å². The van der Waals surface area contributed by atoms with Crippen LogP contribution in [0, 0.1) is 0 Å². The quantitative estimate of drug-likeness (QED) is 0.876. The molecule has 0 unspecified atom stereocenters. The number of sulfonamides is 1. The Morgan fingerprint density at radius 1 is 1.27 bits per heavy atom. The minimum absolute atomic E-state index is 0.0106. The normalized spacial score (nSPS) is 11.2. The molecule has 1 aromatic heterocycles. The number of nitrogens with zero attached hydrogens (tertiary/aromatic N) is 1. The molecule has 0 fully saturated rings. The summed E-state index contributed by atoms with van der Waals surface area (Å²) in [7, 11) is -3.73. The van der Waals surface area contributed by atoms with Gasteiger partial charge < -0.3 is 10.2 Å². The molecule has 0 aliphatic carbocycles. The van der Waals surface area contributed by atoms with E-state index in [1.807, 2.05) is 24.4 Å². The second kappa shape index (κ2) is 6.91. The Labute approximate surface area is 133 Å². The number of nitrogens with one attached hydrogen (secondary N) is 1. The number of carbonyl (C=O) groups is 1. The number of primary sulfonamides is 1. The number of urea groups is 1. The number of anilines is 1. The third-order valence-corrected chi connectivity index (χ3v) is 4.82. The molecule has 1 aromatic carbocycles. The first-order valence-electron chi connectivity index (χ1n) is 6.61. The van der Waals surface area contributed by atoms with Crippen molar-refractivity contribution in [2.75, 3.05) is 11.9 Å². The Kier molecular flexibility index (Phi) is 5.17. The average Bonchev–Trinajstić information content (AvgIpc) is 2.97. The summed E-state index contributed by atoms with van der Waals surface area (Å²) < 4.78 is 22.4. The van der Waals surface area contributed by atoms with E-state index in [0.29, 0.717) is 18.8 Å². The standard InChI is InChI=1S/C14H17N3O3S2/c1-2-17(10-12-4-3-9-21-12)14(18)16-11-5-7-13(8-6-11)22(15,19)20/h3-9H,2,10H2,1H3,(H,16,18)(H2,15,19,20). The van der Waals surface area contributed by atoms with E-state index in [1.165, 1.54) is 24.3 Å². The van der Waals surface area contributed by atoms with Crippen molar-refractivity contribution in [3.8, 4) is 0 Å². The SMILES string of the molecule is CCN(Cc1cccs1)C(=O)Nc1ccc(S(N)(=O)=O)cc1. The smallest absolute Gasteiger partial charge is 0.320 e. The van der Waals surface area contributed by atoms with Gasteiger partial charge in [-0.25, -0.2) is 18.4 Å². The third kappa shape index (κ3) is 4.30. The highest BCUT2D eigenvalue weighted by molar-refractivity contribution is 7.89. The Hall–Kier alpha value is -1.90. The minimum Gasteiger partial charge on any atom is -0.320 e. The highest BCUT2D eigenvalue weighted by Gasteiger charge is 2.13. The van der Waals surface area contributed by atoms with Crippen LogP contribution in [0.15, 0.2) is 46.7 Å². The minimum atomic E-state index is -3.73. The molecule has 2 amide bonds. The Morgan fingerprint density at radius 2 is 1.95 bits per heavy atom. The van der Waals surface area contributed by atoms with E-state index in [0.717, 1.165) is 4.88 Å². The van der Waals surface area contributed by atoms with Crippen molar-refractivity contribution in [1.82, 2.24) is 4.90 Å². The molecule has 2 aromatic rings. The van der Waals surface area contributed by atoms with Crippen LogP contribution in [-0.4, -0.2) is 25.9 Å². The number of benzene rings is 1. The van der Waals surface area contributed by atoms with Crippen LogP contribution in [0.2, 0.25) is 0 Å². The molecule has 3 N–H and O–H groups in total. The second-order valence-corrected chi connectivity index (χ2v) is 7.19. The molecule has 1 heterocycles. The van der Waals surface area contributed by atoms with Gasteiger partial charge in [-0.05, 0) is 42.6 Å². The molecule has 0 aliphatic heterocycles. The van der Waals surface area contributed by atoms with Crippen molar-refractivity contribution >= 4 is 33.1 Å². The largest absolute Gasteiger partial charge is 0.322 e. The van der Waals surface area contributed by atoms with Crippen LogP contribution in [0.3, 0.4) is 0 Å². The molecule has 0 atom stereocenters. The summed E-state index contributed by atoms with van der Waals surface area (Å²) in [5.41, 5.74) is 0.516. The number of nitrogens with two attached hydrogens (primary N) is 1. The van der Waals surface area contributed by atoms with E-state index in [-0.39, 0.29) is 10.9 Å². The zero-order chi connectivity index (χ0) is 16.2.